The van der Waals surface area contributed by atoms with E-state index in [9.17, 15) is 19.2 Å². The Morgan fingerprint density at radius 2 is 1.74 bits per heavy atom. The highest BCUT2D eigenvalue weighted by molar-refractivity contribution is 6.09. The van der Waals surface area contributed by atoms with Crippen LogP contribution in [0.1, 0.15) is 18.1 Å². The topological polar surface area (TPSA) is 100 Å². The molecule has 0 saturated heterocycles. The summed E-state index contributed by atoms with van der Waals surface area (Å²) < 4.78 is 24.2. The number of benzene rings is 3. The van der Waals surface area contributed by atoms with E-state index in [4.69, 9.17) is 9.47 Å². The lowest BCUT2D eigenvalue weighted by Crippen LogP contribution is -2.20. The fraction of sp³-hybridized carbons (Fsp3) is 0.148. The van der Waals surface area contributed by atoms with Gasteiger partial charge in [-0.2, -0.15) is 5.26 Å². The van der Waals surface area contributed by atoms with E-state index in [1.54, 1.807) is 37.3 Å². The Labute approximate surface area is 202 Å². The van der Waals surface area contributed by atoms with Crippen LogP contribution in [0.25, 0.3) is 6.08 Å². The van der Waals surface area contributed by atoms with E-state index in [1.165, 1.54) is 30.3 Å². The molecule has 0 radical (unpaired) electrons. The van der Waals surface area contributed by atoms with Crippen molar-refractivity contribution < 1.29 is 23.5 Å². The quantitative estimate of drug-likeness (QED) is 0.333. The van der Waals surface area contributed by atoms with Crippen LogP contribution in [-0.2, 0) is 9.59 Å². The highest BCUT2D eigenvalue weighted by atomic mass is 19.1. The van der Waals surface area contributed by atoms with Crippen LogP contribution in [0.5, 0.6) is 11.5 Å². The summed E-state index contributed by atoms with van der Waals surface area (Å²) in [5, 5.41) is 14.8. The SMILES string of the molecule is CCOc1cc(/C=C(\C#N)C(=O)Nc2cccc(C)c2)ccc1OCC(=O)Nc1ccc(F)cc1. The highest BCUT2D eigenvalue weighted by Crippen LogP contribution is 2.29. The first kappa shape index (κ1) is 25.0. The number of rotatable bonds is 9. The lowest BCUT2D eigenvalue weighted by atomic mass is 10.1. The molecule has 0 fully saturated rings. The summed E-state index contributed by atoms with van der Waals surface area (Å²) >= 11 is 0. The Hall–Kier alpha value is -4.64. The molecule has 0 aliphatic rings. The number of hydrogen-bond acceptors (Lipinski definition) is 5. The van der Waals surface area contributed by atoms with Crippen LogP contribution in [0.2, 0.25) is 0 Å². The number of aryl methyl sites for hydroxylation is 1. The van der Waals surface area contributed by atoms with Crippen molar-refractivity contribution in [3.05, 3.63) is 89.2 Å². The average molecular weight is 474 g/mol. The third kappa shape index (κ3) is 7.44. The van der Waals surface area contributed by atoms with Gasteiger partial charge < -0.3 is 20.1 Å². The number of anilines is 2. The van der Waals surface area contributed by atoms with E-state index in [1.807, 2.05) is 25.1 Å². The first-order valence-electron chi connectivity index (χ1n) is 10.8. The minimum Gasteiger partial charge on any atom is -0.490 e. The molecule has 3 aromatic carbocycles. The summed E-state index contributed by atoms with van der Waals surface area (Å²) in [7, 11) is 0. The Morgan fingerprint density at radius 3 is 2.43 bits per heavy atom. The number of carbonyl (C=O) groups excluding carboxylic acids is 2. The molecule has 2 amide bonds. The summed E-state index contributed by atoms with van der Waals surface area (Å²) in [4.78, 5) is 24.7. The van der Waals surface area contributed by atoms with E-state index < -0.39 is 17.6 Å². The molecule has 35 heavy (non-hydrogen) atoms. The molecule has 178 valence electrons. The Balaban J connectivity index is 1.70. The van der Waals surface area contributed by atoms with E-state index in [0.29, 0.717) is 35.0 Å². The van der Waals surface area contributed by atoms with Gasteiger partial charge in [0.05, 0.1) is 6.61 Å². The zero-order valence-electron chi connectivity index (χ0n) is 19.3. The molecule has 0 unspecified atom stereocenters. The van der Waals surface area contributed by atoms with Crippen LogP contribution in [0.15, 0.2) is 72.3 Å². The largest absolute Gasteiger partial charge is 0.490 e. The average Bonchev–Trinajstić information content (AvgIpc) is 2.83. The van der Waals surface area contributed by atoms with E-state index in [-0.39, 0.29) is 12.2 Å². The Kier molecular flexibility index (Phi) is 8.57. The zero-order valence-corrected chi connectivity index (χ0v) is 19.3. The predicted octanol–water partition coefficient (Wildman–Crippen LogP) is 5.10. The summed E-state index contributed by atoms with van der Waals surface area (Å²) in [6, 6.07) is 19.4. The van der Waals surface area contributed by atoms with Crippen LogP contribution >= 0.6 is 0 Å². The molecule has 0 aliphatic heterocycles. The van der Waals surface area contributed by atoms with Crippen molar-refractivity contribution >= 4 is 29.3 Å². The Bertz CT molecular complexity index is 1280. The van der Waals surface area contributed by atoms with Crippen molar-refractivity contribution in [3.63, 3.8) is 0 Å². The van der Waals surface area contributed by atoms with Crippen LogP contribution in [0.4, 0.5) is 15.8 Å². The first-order chi connectivity index (χ1) is 16.9. The molecule has 0 bridgehead atoms. The molecule has 2 N–H and O–H groups in total. The molecule has 3 aromatic rings. The van der Waals surface area contributed by atoms with Crippen LogP contribution < -0.4 is 20.1 Å². The predicted molar refractivity (Wildman–Crippen MR) is 132 cm³/mol. The maximum absolute atomic E-state index is 13.0. The normalized spacial score (nSPS) is 10.7. The molecule has 0 spiro atoms. The second-order valence-corrected chi connectivity index (χ2v) is 7.48. The Morgan fingerprint density at radius 1 is 0.971 bits per heavy atom. The molecule has 0 saturated carbocycles. The third-order valence-electron chi connectivity index (χ3n) is 4.71. The molecule has 8 heteroatoms. The van der Waals surface area contributed by atoms with Gasteiger partial charge in [-0.3, -0.25) is 9.59 Å². The fourth-order valence-corrected chi connectivity index (χ4v) is 3.11. The van der Waals surface area contributed by atoms with Crippen molar-refractivity contribution in [2.24, 2.45) is 0 Å². The van der Waals surface area contributed by atoms with Gasteiger partial charge in [0.25, 0.3) is 11.8 Å². The van der Waals surface area contributed by atoms with Gasteiger partial charge >= 0.3 is 0 Å². The van der Waals surface area contributed by atoms with Crippen LogP contribution in [-0.4, -0.2) is 25.0 Å². The van der Waals surface area contributed by atoms with Crippen molar-refractivity contribution in [2.75, 3.05) is 23.8 Å². The number of hydrogen-bond donors (Lipinski definition) is 2. The molecule has 7 nitrogen and oxygen atoms in total. The number of carbonyl (C=O) groups is 2. The molecule has 0 aliphatic carbocycles. The summed E-state index contributed by atoms with van der Waals surface area (Å²) in [5.41, 5.74) is 2.48. The molecule has 0 heterocycles. The van der Waals surface area contributed by atoms with Gasteiger partial charge in [0, 0.05) is 11.4 Å². The number of nitriles is 1. The molecular weight excluding hydrogens is 449 g/mol. The van der Waals surface area contributed by atoms with Crippen molar-refractivity contribution in [1.82, 2.24) is 0 Å². The minimum absolute atomic E-state index is 0.0821. The van der Waals surface area contributed by atoms with Gasteiger partial charge in [-0.05, 0) is 79.6 Å². The molecule has 3 rings (SSSR count). The fourth-order valence-electron chi connectivity index (χ4n) is 3.11. The van der Waals surface area contributed by atoms with E-state index >= 15 is 0 Å². The number of ether oxygens (including phenoxy) is 2. The first-order valence-corrected chi connectivity index (χ1v) is 10.8. The van der Waals surface area contributed by atoms with Crippen molar-refractivity contribution in [3.8, 4) is 17.6 Å². The lowest BCUT2D eigenvalue weighted by Gasteiger charge is -2.13. The number of amides is 2. The molecule has 0 aromatic heterocycles. The van der Waals surface area contributed by atoms with Gasteiger partial charge in [-0.25, -0.2) is 4.39 Å². The molecular formula is C27H24FN3O4. The summed E-state index contributed by atoms with van der Waals surface area (Å²) in [6.07, 6.45) is 1.44. The van der Waals surface area contributed by atoms with Gasteiger partial charge in [0.15, 0.2) is 18.1 Å². The smallest absolute Gasteiger partial charge is 0.266 e. The van der Waals surface area contributed by atoms with Gasteiger partial charge in [0.2, 0.25) is 0 Å². The maximum atomic E-state index is 13.0. The number of halogens is 1. The highest BCUT2D eigenvalue weighted by Gasteiger charge is 2.13. The van der Waals surface area contributed by atoms with Gasteiger partial charge in [-0.15, -0.1) is 0 Å². The van der Waals surface area contributed by atoms with Crippen molar-refractivity contribution in [2.45, 2.75) is 13.8 Å². The van der Waals surface area contributed by atoms with Crippen LogP contribution in [0, 0.1) is 24.1 Å². The van der Waals surface area contributed by atoms with E-state index in [2.05, 4.69) is 10.6 Å². The summed E-state index contributed by atoms with van der Waals surface area (Å²) in [5.74, 6) is -0.688. The second kappa shape index (κ2) is 12.0. The number of nitrogens with one attached hydrogen (secondary N) is 2. The summed E-state index contributed by atoms with van der Waals surface area (Å²) in [6.45, 7) is 3.74. The lowest BCUT2D eigenvalue weighted by molar-refractivity contribution is -0.118. The monoisotopic (exact) mass is 473 g/mol. The minimum atomic E-state index is -0.533. The van der Waals surface area contributed by atoms with Crippen molar-refractivity contribution in [1.29, 1.82) is 5.26 Å². The van der Waals surface area contributed by atoms with E-state index in [0.717, 1.165) is 5.56 Å². The maximum Gasteiger partial charge on any atom is 0.266 e. The van der Waals surface area contributed by atoms with Crippen LogP contribution in [0.3, 0.4) is 0 Å². The number of nitrogens with zero attached hydrogens (tertiary/aromatic N) is 1. The standard InChI is InChI=1S/C27H24FN3O4/c1-3-34-25-15-19(14-20(16-29)27(33)31-23-6-4-5-18(2)13-23)7-12-24(25)35-17-26(32)30-22-10-8-21(28)9-11-22/h4-15H,3,17H2,1-2H3,(H,30,32)(H,31,33)/b20-14+. The molecule has 0 atom stereocenters. The van der Waals surface area contributed by atoms with Gasteiger partial charge in [-0.1, -0.05) is 18.2 Å². The third-order valence-corrected chi connectivity index (χ3v) is 4.71. The second-order valence-electron chi connectivity index (χ2n) is 7.48. The zero-order chi connectivity index (χ0) is 25.2. The van der Waals surface area contributed by atoms with Gasteiger partial charge in [0.1, 0.15) is 17.5 Å².